The number of nitrogens with one attached hydrogen (secondary N) is 2. The lowest BCUT2D eigenvalue weighted by Gasteiger charge is -2.19. The van der Waals surface area contributed by atoms with Crippen molar-refractivity contribution < 1.29 is 4.79 Å². The third-order valence-corrected chi connectivity index (χ3v) is 4.38. The van der Waals surface area contributed by atoms with Gasteiger partial charge in [0.15, 0.2) is 5.82 Å². The van der Waals surface area contributed by atoms with E-state index >= 15 is 0 Å². The van der Waals surface area contributed by atoms with Crippen LogP contribution in [-0.4, -0.2) is 33.8 Å². The van der Waals surface area contributed by atoms with Gasteiger partial charge in [0, 0.05) is 19.4 Å². The van der Waals surface area contributed by atoms with Crippen LogP contribution in [0.2, 0.25) is 0 Å². The molecule has 1 fully saturated rings. The van der Waals surface area contributed by atoms with E-state index in [0.29, 0.717) is 24.7 Å². The Hall–Kier alpha value is -2.47. The summed E-state index contributed by atoms with van der Waals surface area (Å²) in [6.45, 7) is 2.00. The quantitative estimate of drug-likeness (QED) is 0.849. The minimum Gasteiger partial charge on any atom is -0.317 e. The molecule has 1 amide bonds. The predicted molar refractivity (Wildman–Crippen MR) is 99.2 cm³/mol. The maximum Gasteiger partial charge on any atom is 0.227 e. The Balaban J connectivity index is 1.49. The minimum absolute atomic E-state index is 0.0370. The van der Waals surface area contributed by atoms with Crippen molar-refractivity contribution in [2.75, 3.05) is 18.4 Å². The standard InChI is InChI=1S/C19H25N5O/c1-24-19(22-18(23-24)16-11-13-20-14-12-16)21-17(25)10-6-5-9-15-7-3-2-4-8-15/h2-5,7-9,16,20H,6,10-14H2,1H3,(H,21,22,23,25)/b9-5+. The number of aromatic nitrogens is 3. The van der Waals surface area contributed by atoms with E-state index in [-0.39, 0.29) is 5.91 Å². The van der Waals surface area contributed by atoms with Crippen molar-refractivity contribution in [2.45, 2.75) is 31.6 Å². The fraction of sp³-hybridized carbons (Fsp3) is 0.421. The molecule has 0 saturated carbocycles. The first-order chi connectivity index (χ1) is 12.2. The molecule has 6 heteroatoms. The molecule has 6 nitrogen and oxygen atoms in total. The van der Waals surface area contributed by atoms with Gasteiger partial charge in [-0.3, -0.25) is 10.1 Å². The van der Waals surface area contributed by atoms with E-state index in [2.05, 4.69) is 20.7 Å². The number of carbonyl (C=O) groups is 1. The van der Waals surface area contributed by atoms with Crippen LogP contribution in [0.3, 0.4) is 0 Å². The lowest BCUT2D eigenvalue weighted by molar-refractivity contribution is -0.116. The van der Waals surface area contributed by atoms with Crippen LogP contribution in [0.15, 0.2) is 36.4 Å². The lowest BCUT2D eigenvalue weighted by atomic mass is 9.98. The first-order valence-electron chi connectivity index (χ1n) is 8.85. The van der Waals surface area contributed by atoms with Gasteiger partial charge in [0.1, 0.15) is 0 Å². The van der Waals surface area contributed by atoms with Crippen LogP contribution in [0, 0.1) is 0 Å². The van der Waals surface area contributed by atoms with Gasteiger partial charge in [0.2, 0.25) is 11.9 Å². The van der Waals surface area contributed by atoms with Crippen molar-refractivity contribution in [3.8, 4) is 0 Å². The van der Waals surface area contributed by atoms with E-state index in [1.807, 2.05) is 49.5 Å². The number of hydrogen-bond donors (Lipinski definition) is 2. The number of aryl methyl sites for hydroxylation is 1. The van der Waals surface area contributed by atoms with E-state index in [1.54, 1.807) is 4.68 Å². The molecule has 1 aliphatic heterocycles. The summed E-state index contributed by atoms with van der Waals surface area (Å²) in [6.07, 6.45) is 7.26. The number of benzene rings is 1. The molecule has 2 aromatic rings. The number of rotatable bonds is 6. The Kier molecular flexibility index (Phi) is 5.95. The number of piperidine rings is 1. The Labute approximate surface area is 148 Å². The zero-order valence-electron chi connectivity index (χ0n) is 14.6. The predicted octanol–water partition coefficient (Wildman–Crippen LogP) is 2.71. The van der Waals surface area contributed by atoms with E-state index in [0.717, 1.165) is 37.3 Å². The molecule has 0 atom stereocenters. The normalized spacial score (nSPS) is 15.6. The molecule has 1 aromatic heterocycles. The van der Waals surface area contributed by atoms with Gasteiger partial charge >= 0.3 is 0 Å². The van der Waals surface area contributed by atoms with Gasteiger partial charge < -0.3 is 5.32 Å². The Morgan fingerprint density at radius 2 is 2.08 bits per heavy atom. The number of allylic oxidation sites excluding steroid dienone is 1. The smallest absolute Gasteiger partial charge is 0.227 e. The average Bonchev–Trinajstić information content (AvgIpc) is 3.01. The highest BCUT2D eigenvalue weighted by Crippen LogP contribution is 2.23. The lowest BCUT2D eigenvalue weighted by Crippen LogP contribution is -2.27. The van der Waals surface area contributed by atoms with Crippen molar-refractivity contribution >= 4 is 17.9 Å². The van der Waals surface area contributed by atoms with Crippen molar-refractivity contribution in [3.05, 3.63) is 47.8 Å². The topological polar surface area (TPSA) is 71.8 Å². The first kappa shape index (κ1) is 17.4. The molecule has 2 heterocycles. The fourth-order valence-corrected chi connectivity index (χ4v) is 2.95. The molecule has 2 N–H and O–H groups in total. The summed E-state index contributed by atoms with van der Waals surface area (Å²) in [5.41, 5.74) is 1.14. The summed E-state index contributed by atoms with van der Waals surface area (Å²) in [7, 11) is 1.82. The zero-order valence-corrected chi connectivity index (χ0v) is 14.6. The monoisotopic (exact) mass is 339 g/mol. The maximum atomic E-state index is 12.1. The highest BCUT2D eigenvalue weighted by Gasteiger charge is 2.21. The SMILES string of the molecule is Cn1nc(C2CCNCC2)nc1NC(=O)CC/C=C/c1ccccc1. The third kappa shape index (κ3) is 5.00. The molecule has 1 saturated heterocycles. The summed E-state index contributed by atoms with van der Waals surface area (Å²) in [4.78, 5) is 16.6. The second-order valence-corrected chi connectivity index (χ2v) is 6.34. The molecule has 132 valence electrons. The largest absolute Gasteiger partial charge is 0.317 e. The molecular formula is C19H25N5O. The fourth-order valence-electron chi connectivity index (χ4n) is 2.95. The number of nitrogens with zero attached hydrogens (tertiary/aromatic N) is 3. The summed E-state index contributed by atoms with van der Waals surface area (Å²) >= 11 is 0. The second-order valence-electron chi connectivity index (χ2n) is 6.34. The van der Waals surface area contributed by atoms with Crippen molar-refractivity contribution in [2.24, 2.45) is 7.05 Å². The van der Waals surface area contributed by atoms with Gasteiger partial charge in [-0.2, -0.15) is 10.1 Å². The molecule has 0 unspecified atom stereocenters. The zero-order chi connectivity index (χ0) is 17.5. The van der Waals surface area contributed by atoms with Crippen molar-refractivity contribution in [1.82, 2.24) is 20.1 Å². The summed E-state index contributed by atoms with van der Waals surface area (Å²) in [6, 6.07) is 10.1. The molecular weight excluding hydrogens is 314 g/mol. The Morgan fingerprint density at radius 1 is 1.32 bits per heavy atom. The van der Waals surface area contributed by atoms with Gasteiger partial charge in [0.25, 0.3) is 0 Å². The molecule has 0 spiro atoms. The highest BCUT2D eigenvalue weighted by atomic mass is 16.1. The number of hydrogen-bond acceptors (Lipinski definition) is 4. The third-order valence-electron chi connectivity index (χ3n) is 4.38. The van der Waals surface area contributed by atoms with Gasteiger partial charge in [-0.1, -0.05) is 42.5 Å². The van der Waals surface area contributed by atoms with E-state index in [9.17, 15) is 4.79 Å². The van der Waals surface area contributed by atoms with E-state index < -0.39 is 0 Å². The first-order valence-corrected chi connectivity index (χ1v) is 8.85. The molecule has 0 aliphatic carbocycles. The minimum atomic E-state index is -0.0370. The van der Waals surface area contributed by atoms with Crippen molar-refractivity contribution in [1.29, 1.82) is 0 Å². The molecule has 1 aromatic carbocycles. The summed E-state index contributed by atoms with van der Waals surface area (Å²) < 4.78 is 1.66. The number of carbonyl (C=O) groups excluding carboxylic acids is 1. The molecule has 25 heavy (non-hydrogen) atoms. The molecule has 0 bridgehead atoms. The molecule has 0 radical (unpaired) electrons. The van der Waals surface area contributed by atoms with E-state index in [4.69, 9.17) is 0 Å². The van der Waals surface area contributed by atoms with Crippen LogP contribution >= 0.6 is 0 Å². The Morgan fingerprint density at radius 3 is 2.84 bits per heavy atom. The number of amides is 1. The number of anilines is 1. The maximum absolute atomic E-state index is 12.1. The van der Waals surface area contributed by atoms with Crippen LogP contribution in [0.1, 0.15) is 43.0 Å². The molecule has 1 aliphatic rings. The van der Waals surface area contributed by atoms with Gasteiger partial charge in [-0.25, -0.2) is 4.68 Å². The average molecular weight is 339 g/mol. The van der Waals surface area contributed by atoms with Gasteiger partial charge in [-0.15, -0.1) is 0 Å². The summed E-state index contributed by atoms with van der Waals surface area (Å²) in [5, 5.41) is 10.7. The summed E-state index contributed by atoms with van der Waals surface area (Å²) in [5.74, 6) is 1.71. The second kappa shape index (κ2) is 8.58. The van der Waals surface area contributed by atoms with Gasteiger partial charge in [-0.05, 0) is 37.9 Å². The Bertz CT molecular complexity index is 717. The van der Waals surface area contributed by atoms with Gasteiger partial charge in [0.05, 0.1) is 0 Å². The highest BCUT2D eigenvalue weighted by molar-refractivity contribution is 5.89. The van der Waals surface area contributed by atoms with Crippen LogP contribution in [0.25, 0.3) is 6.08 Å². The molecule has 3 rings (SSSR count). The van der Waals surface area contributed by atoms with Crippen molar-refractivity contribution in [3.63, 3.8) is 0 Å². The van der Waals surface area contributed by atoms with Crippen LogP contribution in [-0.2, 0) is 11.8 Å². The van der Waals surface area contributed by atoms with Crippen LogP contribution in [0.4, 0.5) is 5.95 Å². The van der Waals surface area contributed by atoms with Crippen LogP contribution < -0.4 is 10.6 Å². The van der Waals surface area contributed by atoms with Crippen LogP contribution in [0.5, 0.6) is 0 Å². The van der Waals surface area contributed by atoms with E-state index in [1.165, 1.54) is 0 Å².